The number of amides is 3. The van der Waals surface area contributed by atoms with Crippen LogP contribution in [0.25, 0.3) is 0 Å². The lowest BCUT2D eigenvalue weighted by Crippen LogP contribution is -2.28. The Hall–Kier alpha value is -3.35. The van der Waals surface area contributed by atoms with Crippen molar-refractivity contribution >= 4 is 34.8 Å². The van der Waals surface area contributed by atoms with E-state index in [2.05, 4.69) is 10.6 Å². The van der Waals surface area contributed by atoms with Gasteiger partial charge in [0.1, 0.15) is 5.75 Å². The smallest absolute Gasteiger partial charge is 0.229 e. The van der Waals surface area contributed by atoms with Crippen LogP contribution < -0.4 is 20.3 Å². The standard InChI is InChI=1S/C20H21N3O4/c1-13(24)21-15-6-8-16(9-7-15)22-20(26)14-10-19(25)23(12-14)17-4-3-5-18(11-17)27-2/h3-9,11,14H,10,12H2,1-2H3,(H,21,24)(H,22,26)/t14-/m0/s1. The summed E-state index contributed by atoms with van der Waals surface area (Å²) >= 11 is 0. The van der Waals surface area contributed by atoms with E-state index in [0.717, 1.165) is 0 Å². The topological polar surface area (TPSA) is 87.7 Å². The third-order valence-corrected chi connectivity index (χ3v) is 4.33. The van der Waals surface area contributed by atoms with Crippen LogP contribution in [-0.4, -0.2) is 31.4 Å². The molecule has 0 spiro atoms. The second-order valence-corrected chi connectivity index (χ2v) is 6.35. The number of hydrogen-bond donors (Lipinski definition) is 2. The van der Waals surface area contributed by atoms with Crippen molar-refractivity contribution < 1.29 is 19.1 Å². The zero-order chi connectivity index (χ0) is 19.4. The van der Waals surface area contributed by atoms with Crippen molar-refractivity contribution in [3.8, 4) is 5.75 Å². The molecule has 2 aromatic carbocycles. The van der Waals surface area contributed by atoms with Crippen LogP contribution >= 0.6 is 0 Å². The molecule has 2 N–H and O–H groups in total. The number of carbonyl (C=O) groups is 3. The van der Waals surface area contributed by atoms with Gasteiger partial charge in [-0.05, 0) is 36.4 Å². The molecule has 0 radical (unpaired) electrons. The van der Waals surface area contributed by atoms with Gasteiger partial charge in [0.05, 0.1) is 13.0 Å². The van der Waals surface area contributed by atoms with Crippen LogP contribution in [0.4, 0.5) is 17.1 Å². The first-order chi connectivity index (χ1) is 13.0. The SMILES string of the molecule is COc1cccc(N2C[C@@H](C(=O)Nc3ccc(NC(C)=O)cc3)CC2=O)c1. The van der Waals surface area contributed by atoms with Crippen molar-refractivity contribution in [2.24, 2.45) is 5.92 Å². The summed E-state index contributed by atoms with van der Waals surface area (Å²) in [7, 11) is 1.57. The van der Waals surface area contributed by atoms with Crippen LogP contribution in [0.5, 0.6) is 5.75 Å². The number of hydrogen-bond acceptors (Lipinski definition) is 4. The predicted octanol–water partition coefficient (Wildman–Crippen LogP) is 2.65. The first-order valence-corrected chi connectivity index (χ1v) is 8.59. The van der Waals surface area contributed by atoms with E-state index >= 15 is 0 Å². The van der Waals surface area contributed by atoms with Gasteiger partial charge in [0.15, 0.2) is 0 Å². The van der Waals surface area contributed by atoms with Crippen molar-refractivity contribution in [3.05, 3.63) is 48.5 Å². The Kier molecular flexibility index (Phi) is 5.40. The largest absolute Gasteiger partial charge is 0.497 e. The number of nitrogens with one attached hydrogen (secondary N) is 2. The Morgan fingerprint density at radius 2 is 1.74 bits per heavy atom. The lowest BCUT2D eigenvalue weighted by Gasteiger charge is -2.17. The molecule has 7 heteroatoms. The fourth-order valence-electron chi connectivity index (χ4n) is 3.00. The summed E-state index contributed by atoms with van der Waals surface area (Å²) in [6.07, 6.45) is 0.160. The van der Waals surface area contributed by atoms with Crippen molar-refractivity contribution in [1.82, 2.24) is 0 Å². The predicted molar refractivity (Wildman–Crippen MR) is 103 cm³/mol. The first kappa shape index (κ1) is 18.4. The summed E-state index contributed by atoms with van der Waals surface area (Å²) in [6.45, 7) is 1.75. The van der Waals surface area contributed by atoms with E-state index in [4.69, 9.17) is 4.74 Å². The highest BCUT2D eigenvalue weighted by molar-refractivity contribution is 6.03. The Labute approximate surface area is 157 Å². The molecule has 0 aromatic heterocycles. The highest BCUT2D eigenvalue weighted by atomic mass is 16.5. The summed E-state index contributed by atoms with van der Waals surface area (Å²) in [5.41, 5.74) is 1.98. The molecule has 0 aliphatic carbocycles. The van der Waals surface area contributed by atoms with Gasteiger partial charge in [0.25, 0.3) is 0 Å². The van der Waals surface area contributed by atoms with Gasteiger partial charge in [0, 0.05) is 43.0 Å². The van der Waals surface area contributed by atoms with E-state index in [1.165, 1.54) is 6.92 Å². The molecule has 1 heterocycles. The molecule has 0 bridgehead atoms. The average molecular weight is 367 g/mol. The molecule has 1 fully saturated rings. The number of anilines is 3. The first-order valence-electron chi connectivity index (χ1n) is 8.59. The number of benzene rings is 2. The van der Waals surface area contributed by atoms with Crippen molar-refractivity contribution in [1.29, 1.82) is 0 Å². The summed E-state index contributed by atoms with van der Waals surface area (Å²) in [5.74, 6) is -0.231. The van der Waals surface area contributed by atoms with E-state index in [9.17, 15) is 14.4 Å². The van der Waals surface area contributed by atoms with Gasteiger partial charge in [-0.1, -0.05) is 6.07 Å². The second-order valence-electron chi connectivity index (χ2n) is 6.35. The van der Waals surface area contributed by atoms with Crippen LogP contribution in [-0.2, 0) is 14.4 Å². The maximum absolute atomic E-state index is 12.5. The summed E-state index contributed by atoms with van der Waals surface area (Å²) in [5, 5.41) is 5.49. The maximum atomic E-state index is 12.5. The molecule has 0 unspecified atom stereocenters. The monoisotopic (exact) mass is 367 g/mol. The lowest BCUT2D eigenvalue weighted by molar-refractivity contribution is -0.122. The third kappa shape index (κ3) is 4.44. The van der Waals surface area contributed by atoms with Crippen molar-refractivity contribution in [3.63, 3.8) is 0 Å². The van der Waals surface area contributed by atoms with Crippen molar-refractivity contribution in [2.45, 2.75) is 13.3 Å². The fraction of sp³-hybridized carbons (Fsp3) is 0.250. The molecule has 0 saturated carbocycles. The molecule has 1 saturated heterocycles. The second kappa shape index (κ2) is 7.90. The zero-order valence-corrected chi connectivity index (χ0v) is 15.2. The van der Waals surface area contributed by atoms with Gasteiger partial charge in [-0.15, -0.1) is 0 Å². The number of carbonyl (C=O) groups excluding carboxylic acids is 3. The average Bonchev–Trinajstić information content (AvgIpc) is 3.05. The Morgan fingerprint density at radius 3 is 2.37 bits per heavy atom. The van der Waals surface area contributed by atoms with Gasteiger partial charge < -0.3 is 20.3 Å². The summed E-state index contributed by atoms with van der Waals surface area (Å²) in [6, 6.07) is 14.0. The van der Waals surface area contributed by atoms with E-state index in [1.54, 1.807) is 48.4 Å². The zero-order valence-electron chi connectivity index (χ0n) is 15.2. The molecule has 3 amide bonds. The molecule has 140 valence electrons. The summed E-state index contributed by atoms with van der Waals surface area (Å²) in [4.78, 5) is 37.5. The van der Waals surface area contributed by atoms with Gasteiger partial charge in [0.2, 0.25) is 17.7 Å². The lowest BCUT2D eigenvalue weighted by atomic mass is 10.1. The minimum Gasteiger partial charge on any atom is -0.497 e. The fourth-order valence-corrected chi connectivity index (χ4v) is 3.00. The minimum atomic E-state index is -0.432. The van der Waals surface area contributed by atoms with Crippen LogP contribution in [0.15, 0.2) is 48.5 Å². The van der Waals surface area contributed by atoms with Gasteiger partial charge in [-0.25, -0.2) is 0 Å². The van der Waals surface area contributed by atoms with E-state index in [1.807, 2.05) is 12.1 Å². The normalized spacial score (nSPS) is 16.1. The molecular weight excluding hydrogens is 346 g/mol. The molecule has 7 nitrogen and oxygen atoms in total. The number of rotatable bonds is 5. The number of ether oxygens (including phenoxy) is 1. The van der Waals surface area contributed by atoms with Gasteiger partial charge >= 0.3 is 0 Å². The molecular formula is C20H21N3O4. The molecule has 3 rings (SSSR count). The van der Waals surface area contributed by atoms with Gasteiger partial charge in [-0.2, -0.15) is 0 Å². The summed E-state index contributed by atoms with van der Waals surface area (Å²) < 4.78 is 5.19. The van der Waals surface area contributed by atoms with Crippen LogP contribution in [0.1, 0.15) is 13.3 Å². The quantitative estimate of drug-likeness (QED) is 0.850. The molecule has 2 aromatic rings. The van der Waals surface area contributed by atoms with Crippen LogP contribution in [0.2, 0.25) is 0 Å². The Morgan fingerprint density at radius 1 is 1.07 bits per heavy atom. The van der Waals surface area contributed by atoms with Crippen LogP contribution in [0.3, 0.4) is 0 Å². The molecule has 1 aliphatic heterocycles. The van der Waals surface area contributed by atoms with E-state index in [-0.39, 0.29) is 24.1 Å². The van der Waals surface area contributed by atoms with Gasteiger partial charge in [-0.3, -0.25) is 14.4 Å². The Balaban J connectivity index is 1.64. The molecule has 27 heavy (non-hydrogen) atoms. The van der Waals surface area contributed by atoms with E-state index < -0.39 is 5.92 Å². The number of methoxy groups -OCH3 is 1. The minimum absolute atomic E-state index is 0.0931. The van der Waals surface area contributed by atoms with E-state index in [0.29, 0.717) is 29.4 Å². The third-order valence-electron chi connectivity index (χ3n) is 4.33. The molecule has 1 aliphatic rings. The highest BCUT2D eigenvalue weighted by Crippen LogP contribution is 2.28. The maximum Gasteiger partial charge on any atom is 0.229 e. The Bertz CT molecular complexity index is 864. The number of nitrogens with zero attached hydrogens (tertiary/aromatic N) is 1. The molecule has 1 atom stereocenters. The van der Waals surface area contributed by atoms with Crippen LogP contribution in [0, 0.1) is 5.92 Å². The van der Waals surface area contributed by atoms with Crippen molar-refractivity contribution in [2.75, 3.05) is 29.2 Å². The highest BCUT2D eigenvalue weighted by Gasteiger charge is 2.35.